The SMILES string of the molecule is CNC(=O)n1ccc2c(Oc3cc(N(C(=O)Oc4ccccc4)C(=O)Oc4ccccc4)ncn3)cccc21. The lowest BCUT2D eigenvalue weighted by Crippen LogP contribution is -2.41. The molecule has 1 N–H and O–H groups in total. The highest BCUT2D eigenvalue weighted by molar-refractivity contribution is 6.09. The molecule has 2 heterocycles. The second-order valence-electron chi connectivity index (χ2n) is 7.94. The van der Waals surface area contributed by atoms with Crippen molar-refractivity contribution < 1.29 is 28.6 Å². The fourth-order valence-corrected chi connectivity index (χ4v) is 3.68. The quantitative estimate of drug-likeness (QED) is 0.315. The van der Waals surface area contributed by atoms with Crippen LogP contribution in [0.2, 0.25) is 0 Å². The van der Waals surface area contributed by atoms with Gasteiger partial charge in [0.2, 0.25) is 5.88 Å². The maximum atomic E-state index is 13.1. The maximum Gasteiger partial charge on any atom is 0.430 e. The summed E-state index contributed by atoms with van der Waals surface area (Å²) in [6.45, 7) is 0. The average molecular weight is 524 g/mol. The van der Waals surface area contributed by atoms with Crippen molar-refractivity contribution >= 4 is 34.9 Å². The van der Waals surface area contributed by atoms with E-state index in [4.69, 9.17) is 14.2 Å². The first-order chi connectivity index (χ1) is 19.0. The zero-order valence-corrected chi connectivity index (χ0v) is 20.6. The van der Waals surface area contributed by atoms with Gasteiger partial charge in [-0.25, -0.2) is 24.4 Å². The minimum absolute atomic E-state index is 0.0326. The molecular formula is C28H21N5O6. The van der Waals surface area contributed by atoms with Crippen LogP contribution in [0.4, 0.5) is 20.2 Å². The Kier molecular flexibility index (Phi) is 7.13. The Morgan fingerprint density at radius 3 is 2.05 bits per heavy atom. The number of anilines is 1. The summed E-state index contributed by atoms with van der Waals surface area (Å²) in [5.74, 6) is 0.725. The van der Waals surface area contributed by atoms with Crippen LogP contribution in [-0.4, -0.2) is 39.8 Å². The molecule has 5 rings (SSSR count). The third-order valence-electron chi connectivity index (χ3n) is 5.46. The van der Waals surface area contributed by atoms with Gasteiger partial charge in [0.1, 0.15) is 23.6 Å². The zero-order valence-electron chi connectivity index (χ0n) is 20.6. The molecule has 11 nitrogen and oxygen atoms in total. The Morgan fingerprint density at radius 2 is 1.44 bits per heavy atom. The van der Waals surface area contributed by atoms with Gasteiger partial charge in [-0.05, 0) is 42.5 Å². The van der Waals surface area contributed by atoms with E-state index in [1.807, 2.05) is 0 Å². The molecule has 3 amide bonds. The highest BCUT2D eigenvalue weighted by Crippen LogP contribution is 2.31. The van der Waals surface area contributed by atoms with Gasteiger partial charge in [-0.1, -0.05) is 42.5 Å². The van der Waals surface area contributed by atoms with E-state index in [0.717, 1.165) is 6.33 Å². The molecule has 3 aromatic carbocycles. The number of para-hydroxylation sites is 2. The lowest BCUT2D eigenvalue weighted by molar-refractivity contribution is 0.190. The van der Waals surface area contributed by atoms with Gasteiger partial charge in [0.05, 0.1) is 5.52 Å². The smallest absolute Gasteiger partial charge is 0.430 e. The van der Waals surface area contributed by atoms with Crippen LogP contribution in [0.3, 0.4) is 0 Å². The predicted octanol–water partition coefficient (Wildman–Crippen LogP) is 5.62. The number of carbonyl (C=O) groups excluding carboxylic acids is 3. The molecule has 0 aliphatic heterocycles. The van der Waals surface area contributed by atoms with Crippen molar-refractivity contribution in [1.29, 1.82) is 0 Å². The van der Waals surface area contributed by atoms with Gasteiger partial charge >= 0.3 is 18.2 Å². The van der Waals surface area contributed by atoms with E-state index < -0.39 is 12.2 Å². The third-order valence-corrected chi connectivity index (χ3v) is 5.46. The summed E-state index contributed by atoms with van der Waals surface area (Å²) in [4.78, 5) is 47.3. The Labute approximate surface area is 222 Å². The molecule has 0 saturated heterocycles. The number of hydrogen-bond donors (Lipinski definition) is 1. The van der Waals surface area contributed by atoms with Crippen LogP contribution in [0.25, 0.3) is 10.9 Å². The number of imide groups is 1. The lowest BCUT2D eigenvalue weighted by Gasteiger charge is -2.19. The Balaban J connectivity index is 1.46. The molecule has 2 aromatic heterocycles. The number of carbonyl (C=O) groups is 3. The molecule has 39 heavy (non-hydrogen) atoms. The van der Waals surface area contributed by atoms with Crippen LogP contribution in [-0.2, 0) is 0 Å². The fourth-order valence-electron chi connectivity index (χ4n) is 3.68. The second kappa shape index (κ2) is 11.1. The molecule has 0 saturated carbocycles. The highest BCUT2D eigenvalue weighted by Gasteiger charge is 2.30. The van der Waals surface area contributed by atoms with Gasteiger partial charge < -0.3 is 19.5 Å². The van der Waals surface area contributed by atoms with E-state index in [1.165, 1.54) is 17.7 Å². The Hall–Kier alpha value is -5.71. The molecule has 0 aliphatic carbocycles. The van der Waals surface area contributed by atoms with Crippen LogP contribution in [0.1, 0.15) is 0 Å². The molecule has 0 atom stereocenters. The van der Waals surface area contributed by atoms with Gasteiger partial charge in [-0.3, -0.25) is 4.57 Å². The van der Waals surface area contributed by atoms with Crippen molar-refractivity contribution in [2.24, 2.45) is 0 Å². The summed E-state index contributed by atoms with van der Waals surface area (Å²) in [5.41, 5.74) is 0.612. The second-order valence-corrected chi connectivity index (χ2v) is 7.94. The predicted molar refractivity (Wildman–Crippen MR) is 141 cm³/mol. The van der Waals surface area contributed by atoms with E-state index in [9.17, 15) is 14.4 Å². The molecule has 5 aromatic rings. The largest absolute Gasteiger partial charge is 0.438 e. The van der Waals surface area contributed by atoms with Crippen LogP contribution in [0.5, 0.6) is 23.1 Å². The number of fused-ring (bicyclic) bond motifs is 1. The molecule has 0 bridgehead atoms. The maximum absolute atomic E-state index is 13.1. The number of hydrogen-bond acceptors (Lipinski definition) is 8. The molecule has 0 radical (unpaired) electrons. The zero-order chi connectivity index (χ0) is 27.2. The van der Waals surface area contributed by atoms with Crippen molar-refractivity contribution in [3.8, 4) is 23.1 Å². The van der Waals surface area contributed by atoms with Gasteiger partial charge in [0.25, 0.3) is 0 Å². The third kappa shape index (κ3) is 5.52. The summed E-state index contributed by atoms with van der Waals surface area (Å²) in [6, 6.07) is 24.4. The van der Waals surface area contributed by atoms with Crippen molar-refractivity contribution in [2.75, 3.05) is 11.9 Å². The van der Waals surface area contributed by atoms with Crippen LogP contribution in [0.15, 0.2) is 104 Å². The van der Waals surface area contributed by atoms with Gasteiger partial charge in [0, 0.05) is 24.7 Å². The van der Waals surface area contributed by atoms with Crippen LogP contribution >= 0.6 is 0 Å². The van der Waals surface area contributed by atoms with E-state index in [-0.39, 0.29) is 29.2 Å². The fraction of sp³-hybridized carbons (Fsp3) is 0.0357. The van der Waals surface area contributed by atoms with Crippen LogP contribution in [0, 0.1) is 0 Å². The first-order valence-corrected chi connectivity index (χ1v) is 11.7. The number of amides is 3. The summed E-state index contributed by atoms with van der Waals surface area (Å²) in [5, 5.41) is 3.22. The monoisotopic (exact) mass is 523 g/mol. The van der Waals surface area contributed by atoms with E-state index in [0.29, 0.717) is 21.6 Å². The molecule has 194 valence electrons. The summed E-state index contributed by atoms with van der Waals surface area (Å²) in [7, 11) is 1.54. The van der Waals surface area contributed by atoms with E-state index in [1.54, 1.807) is 91.1 Å². The van der Waals surface area contributed by atoms with Gasteiger partial charge in [-0.15, -0.1) is 0 Å². The topological polar surface area (TPSA) is 125 Å². The van der Waals surface area contributed by atoms with E-state index in [2.05, 4.69) is 15.3 Å². The number of nitrogens with zero attached hydrogens (tertiary/aromatic N) is 4. The Morgan fingerprint density at radius 1 is 0.795 bits per heavy atom. The molecule has 0 aliphatic rings. The molecule has 0 fully saturated rings. The molecule has 0 spiro atoms. The van der Waals surface area contributed by atoms with Gasteiger partial charge in [-0.2, -0.15) is 4.90 Å². The molecular weight excluding hydrogens is 502 g/mol. The minimum atomic E-state index is -1.04. The van der Waals surface area contributed by atoms with Gasteiger partial charge in [0.15, 0.2) is 5.82 Å². The number of aromatic nitrogens is 3. The standard InChI is InChI=1S/C28H21N5O6/c1-29-26(34)32-16-15-21-22(32)13-8-14-23(21)39-25-17-24(30-18-31-25)33(27(35)37-19-9-4-2-5-10-19)28(36)38-20-11-6-3-7-12-20/h2-18H,1H3,(H,29,34). The number of rotatable bonds is 5. The number of nitrogens with one attached hydrogen (secondary N) is 1. The van der Waals surface area contributed by atoms with Crippen molar-refractivity contribution in [1.82, 2.24) is 19.9 Å². The molecule has 11 heteroatoms. The average Bonchev–Trinajstić information content (AvgIpc) is 3.39. The first kappa shape index (κ1) is 25.0. The number of ether oxygens (including phenoxy) is 3. The van der Waals surface area contributed by atoms with Crippen molar-refractivity contribution in [3.63, 3.8) is 0 Å². The first-order valence-electron chi connectivity index (χ1n) is 11.7. The minimum Gasteiger partial charge on any atom is -0.438 e. The summed E-state index contributed by atoms with van der Waals surface area (Å²) < 4.78 is 18.2. The van der Waals surface area contributed by atoms with Crippen LogP contribution < -0.4 is 24.4 Å². The highest BCUT2D eigenvalue weighted by atomic mass is 16.6. The molecule has 0 unspecified atom stereocenters. The summed E-state index contributed by atoms with van der Waals surface area (Å²) in [6.07, 6.45) is 0.662. The van der Waals surface area contributed by atoms with Crippen molar-refractivity contribution in [2.45, 2.75) is 0 Å². The Bertz CT molecular complexity index is 1590. The number of benzene rings is 3. The normalized spacial score (nSPS) is 10.5. The van der Waals surface area contributed by atoms with Crippen molar-refractivity contribution in [3.05, 3.63) is 104 Å². The summed E-state index contributed by atoms with van der Waals surface area (Å²) >= 11 is 0. The van der Waals surface area contributed by atoms with E-state index >= 15 is 0 Å². The lowest BCUT2D eigenvalue weighted by atomic mass is 10.2.